The molecule has 0 aromatic carbocycles. The Morgan fingerprint density at radius 2 is 2.08 bits per heavy atom. The van der Waals surface area contributed by atoms with E-state index in [0.29, 0.717) is 36.9 Å². The van der Waals surface area contributed by atoms with Gasteiger partial charge in [0, 0.05) is 24.9 Å². The van der Waals surface area contributed by atoms with Gasteiger partial charge in [-0.3, -0.25) is 4.79 Å². The lowest BCUT2D eigenvalue weighted by Crippen LogP contribution is -2.37. The summed E-state index contributed by atoms with van der Waals surface area (Å²) in [7, 11) is 1.35. The first-order valence-corrected chi connectivity index (χ1v) is 8.35. The van der Waals surface area contributed by atoms with E-state index >= 15 is 0 Å². The molecule has 0 saturated carbocycles. The molecule has 0 bridgehead atoms. The number of nitrogens with zero attached hydrogens (tertiary/aromatic N) is 2. The Balaban J connectivity index is 0.00000576. The molecule has 1 rings (SSSR count). The molecule has 0 radical (unpaired) electrons. The number of rotatable bonds is 8. The van der Waals surface area contributed by atoms with Crippen molar-refractivity contribution in [3.63, 3.8) is 0 Å². The van der Waals surface area contributed by atoms with Gasteiger partial charge in [-0.05, 0) is 19.8 Å². The summed E-state index contributed by atoms with van der Waals surface area (Å²) < 4.78 is 42.0. The van der Waals surface area contributed by atoms with E-state index in [1.807, 2.05) is 6.92 Å². The van der Waals surface area contributed by atoms with Gasteiger partial charge < -0.3 is 15.4 Å². The molecule has 2 N–H and O–H groups in total. The Hall–Kier alpha value is -1.11. The number of hydrogen-bond donors (Lipinski definition) is 2. The highest BCUT2D eigenvalue weighted by Crippen LogP contribution is 2.30. The fourth-order valence-electron chi connectivity index (χ4n) is 1.71. The van der Waals surface area contributed by atoms with Gasteiger partial charge in [0.05, 0.1) is 13.7 Å². The predicted molar refractivity (Wildman–Crippen MR) is 101 cm³/mol. The van der Waals surface area contributed by atoms with Crippen LogP contribution >= 0.6 is 35.3 Å². The van der Waals surface area contributed by atoms with E-state index in [9.17, 15) is 18.0 Å². The number of hydrogen-bond acceptors (Lipinski definition) is 5. The Morgan fingerprint density at radius 1 is 1.36 bits per heavy atom. The number of aliphatic imine (C=N–C) groups is 1. The van der Waals surface area contributed by atoms with Crippen LogP contribution in [0.25, 0.3) is 0 Å². The standard InChI is InChI=1S/C14H21F3N4O2S.HI/c1-3-18-13(19-7-5-4-6-12(22)23-2)20-8-11-21-10(9-24-11)14(15,16)17;/h9H,3-8H2,1-2H3,(H2,18,19,20);1H. The smallest absolute Gasteiger partial charge is 0.434 e. The van der Waals surface area contributed by atoms with Crippen LogP contribution in [0.5, 0.6) is 0 Å². The third-order valence-corrected chi connectivity index (χ3v) is 3.72. The van der Waals surface area contributed by atoms with Gasteiger partial charge in [-0.15, -0.1) is 35.3 Å². The number of aromatic nitrogens is 1. The van der Waals surface area contributed by atoms with Crippen molar-refractivity contribution >= 4 is 47.2 Å². The maximum atomic E-state index is 12.5. The van der Waals surface area contributed by atoms with Crippen molar-refractivity contribution in [1.82, 2.24) is 15.6 Å². The summed E-state index contributed by atoms with van der Waals surface area (Å²) in [5.41, 5.74) is -0.890. The molecule has 0 fully saturated rings. The number of ether oxygens (including phenoxy) is 1. The van der Waals surface area contributed by atoms with Crippen LogP contribution < -0.4 is 10.6 Å². The molecule has 6 nitrogen and oxygen atoms in total. The highest BCUT2D eigenvalue weighted by Gasteiger charge is 2.33. The highest BCUT2D eigenvalue weighted by molar-refractivity contribution is 14.0. The highest BCUT2D eigenvalue weighted by atomic mass is 127. The lowest BCUT2D eigenvalue weighted by atomic mass is 10.2. The molecule has 0 spiro atoms. The monoisotopic (exact) mass is 494 g/mol. The number of methoxy groups -OCH3 is 1. The number of esters is 1. The van der Waals surface area contributed by atoms with Crippen LogP contribution in [-0.2, 0) is 22.3 Å². The largest absolute Gasteiger partial charge is 0.469 e. The van der Waals surface area contributed by atoms with E-state index in [1.54, 1.807) is 0 Å². The number of nitrogens with one attached hydrogen (secondary N) is 2. The molecule has 11 heteroatoms. The lowest BCUT2D eigenvalue weighted by molar-refractivity contribution is -0.141. The van der Waals surface area contributed by atoms with Crippen LogP contribution in [0.2, 0.25) is 0 Å². The fourth-order valence-corrected chi connectivity index (χ4v) is 2.43. The molecule has 0 unspecified atom stereocenters. The molecule has 0 aliphatic carbocycles. The maximum Gasteiger partial charge on any atom is 0.434 e. The van der Waals surface area contributed by atoms with Gasteiger partial charge >= 0.3 is 12.1 Å². The second kappa shape index (κ2) is 12.3. The van der Waals surface area contributed by atoms with Gasteiger partial charge in [-0.2, -0.15) is 13.2 Å². The van der Waals surface area contributed by atoms with Crippen LogP contribution in [0.3, 0.4) is 0 Å². The van der Waals surface area contributed by atoms with E-state index in [0.717, 1.165) is 23.1 Å². The summed E-state index contributed by atoms with van der Waals surface area (Å²) in [5.74, 6) is 0.249. The zero-order valence-corrected chi connectivity index (χ0v) is 17.1. The zero-order chi connectivity index (χ0) is 18.0. The molecule has 0 saturated heterocycles. The molecule has 25 heavy (non-hydrogen) atoms. The van der Waals surface area contributed by atoms with Crippen molar-refractivity contribution in [3.05, 3.63) is 16.1 Å². The summed E-state index contributed by atoms with van der Waals surface area (Å²) in [6, 6.07) is 0. The van der Waals surface area contributed by atoms with E-state index in [1.165, 1.54) is 7.11 Å². The van der Waals surface area contributed by atoms with Crippen LogP contribution in [0.4, 0.5) is 13.2 Å². The number of alkyl halides is 3. The van der Waals surface area contributed by atoms with Gasteiger partial charge in [0.2, 0.25) is 0 Å². The van der Waals surface area contributed by atoms with Gasteiger partial charge in [-0.25, -0.2) is 9.98 Å². The van der Waals surface area contributed by atoms with Crippen molar-refractivity contribution in [1.29, 1.82) is 0 Å². The minimum atomic E-state index is -4.43. The fraction of sp³-hybridized carbons (Fsp3) is 0.643. The SMILES string of the molecule is CCNC(=NCc1nc(C(F)(F)F)cs1)NCCCCC(=O)OC.I. The summed E-state index contributed by atoms with van der Waals surface area (Å²) in [6.45, 7) is 3.17. The summed E-state index contributed by atoms with van der Waals surface area (Å²) in [4.78, 5) is 18.7. The molecular weight excluding hydrogens is 472 g/mol. The Morgan fingerprint density at radius 3 is 2.64 bits per heavy atom. The van der Waals surface area contributed by atoms with Crippen molar-refractivity contribution < 1.29 is 22.7 Å². The van der Waals surface area contributed by atoms with Gasteiger partial charge in [0.15, 0.2) is 11.7 Å². The number of guanidine groups is 1. The Labute approximate surface area is 165 Å². The van der Waals surface area contributed by atoms with Crippen LogP contribution in [0, 0.1) is 0 Å². The average molecular weight is 494 g/mol. The van der Waals surface area contributed by atoms with Crippen molar-refractivity contribution in [3.8, 4) is 0 Å². The summed E-state index contributed by atoms with van der Waals surface area (Å²) >= 11 is 0.929. The number of thiazole rings is 1. The molecule has 1 aromatic heterocycles. The second-order valence-corrected chi connectivity index (χ2v) is 5.72. The topological polar surface area (TPSA) is 75.6 Å². The molecule has 1 heterocycles. The Kier molecular flexibility index (Phi) is 11.7. The van der Waals surface area contributed by atoms with Gasteiger partial charge in [-0.1, -0.05) is 0 Å². The number of carbonyl (C=O) groups is 1. The molecule has 144 valence electrons. The first kappa shape index (κ1) is 23.9. The molecular formula is C14H22F3IN4O2S. The minimum absolute atomic E-state index is 0. The number of unbranched alkanes of at least 4 members (excludes halogenated alkanes) is 1. The van der Waals surface area contributed by atoms with Crippen LogP contribution in [0.15, 0.2) is 10.4 Å². The van der Waals surface area contributed by atoms with E-state index in [2.05, 4.69) is 25.3 Å². The van der Waals surface area contributed by atoms with Crippen molar-refractivity contribution in [2.24, 2.45) is 4.99 Å². The molecule has 0 atom stereocenters. The maximum absolute atomic E-state index is 12.5. The van der Waals surface area contributed by atoms with Crippen molar-refractivity contribution in [2.75, 3.05) is 20.2 Å². The first-order valence-electron chi connectivity index (χ1n) is 7.47. The zero-order valence-electron chi connectivity index (χ0n) is 14.0. The molecule has 1 aromatic rings. The van der Waals surface area contributed by atoms with Gasteiger partial charge in [0.1, 0.15) is 5.01 Å². The predicted octanol–water partition coefficient (Wildman–Crippen LogP) is 3.18. The summed E-state index contributed by atoms with van der Waals surface area (Å²) in [6.07, 6.45) is -2.65. The number of carbonyl (C=O) groups excluding carboxylic acids is 1. The third-order valence-electron chi connectivity index (χ3n) is 2.89. The van der Waals surface area contributed by atoms with Crippen molar-refractivity contribution in [2.45, 2.75) is 38.9 Å². The van der Waals surface area contributed by atoms with Gasteiger partial charge in [0.25, 0.3) is 0 Å². The quantitative estimate of drug-likeness (QED) is 0.191. The first-order chi connectivity index (χ1) is 11.4. The van der Waals surface area contributed by atoms with Crippen LogP contribution in [0.1, 0.15) is 36.9 Å². The molecule has 0 amide bonds. The normalized spacial score (nSPS) is 11.6. The number of halogens is 4. The Bertz CT molecular complexity index is 552. The average Bonchev–Trinajstić information content (AvgIpc) is 3.01. The molecule has 0 aliphatic rings. The summed E-state index contributed by atoms with van der Waals surface area (Å²) in [5, 5.41) is 7.34. The lowest BCUT2D eigenvalue weighted by Gasteiger charge is -2.10. The minimum Gasteiger partial charge on any atom is -0.469 e. The molecule has 0 aliphatic heterocycles. The van der Waals surface area contributed by atoms with E-state index in [-0.39, 0.29) is 36.5 Å². The third kappa shape index (κ3) is 9.82. The second-order valence-electron chi connectivity index (χ2n) is 4.78. The van der Waals surface area contributed by atoms with E-state index in [4.69, 9.17) is 0 Å². The van der Waals surface area contributed by atoms with Crippen LogP contribution in [-0.4, -0.2) is 37.1 Å². The van der Waals surface area contributed by atoms with E-state index < -0.39 is 11.9 Å².